The standard InChI is InChI=1S/C15H23N/c1-6-10-16-15-13(11(2)3)8-7-9-14(15)12(4)5/h6-9,11-12,16H,1,10H2,2-5H3. The van der Waals surface area contributed by atoms with E-state index >= 15 is 0 Å². The second-order valence-corrected chi connectivity index (χ2v) is 4.79. The fourth-order valence-corrected chi connectivity index (χ4v) is 1.93. The lowest BCUT2D eigenvalue weighted by atomic mass is 9.92. The maximum Gasteiger partial charge on any atom is 0.0413 e. The van der Waals surface area contributed by atoms with Gasteiger partial charge in [0, 0.05) is 12.2 Å². The summed E-state index contributed by atoms with van der Waals surface area (Å²) in [5.41, 5.74) is 4.09. The van der Waals surface area contributed by atoms with Gasteiger partial charge in [0.05, 0.1) is 0 Å². The second kappa shape index (κ2) is 5.74. The number of hydrogen-bond donors (Lipinski definition) is 1. The third kappa shape index (κ3) is 2.88. The summed E-state index contributed by atoms with van der Waals surface area (Å²) in [6.07, 6.45) is 1.90. The van der Waals surface area contributed by atoms with Gasteiger partial charge in [0.2, 0.25) is 0 Å². The first kappa shape index (κ1) is 12.8. The molecule has 1 rings (SSSR count). The normalized spacial score (nSPS) is 10.9. The van der Waals surface area contributed by atoms with Gasteiger partial charge >= 0.3 is 0 Å². The van der Waals surface area contributed by atoms with E-state index in [1.54, 1.807) is 0 Å². The van der Waals surface area contributed by atoms with Crippen LogP contribution in [0.4, 0.5) is 5.69 Å². The molecular formula is C15H23N. The van der Waals surface area contributed by atoms with E-state index in [2.05, 4.69) is 57.8 Å². The molecule has 0 saturated heterocycles. The summed E-state index contributed by atoms with van der Waals surface area (Å²) in [5, 5.41) is 3.48. The molecule has 0 aliphatic rings. The first-order valence-corrected chi connectivity index (χ1v) is 6.05. The number of rotatable bonds is 5. The average Bonchev–Trinajstić information content (AvgIpc) is 2.25. The van der Waals surface area contributed by atoms with Gasteiger partial charge < -0.3 is 5.32 Å². The highest BCUT2D eigenvalue weighted by Crippen LogP contribution is 2.32. The minimum atomic E-state index is 0.547. The van der Waals surface area contributed by atoms with Gasteiger partial charge in [0.25, 0.3) is 0 Å². The lowest BCUT2D eigenvalue weighted by Gasteiger charge is -2.20. The van der Waals surface area contributed by atoms with Crippen molar-refractivity contribution in [3.63, 3.8) is 0 Å². The quantitative estimate of drug-likeness (QED) is 0.714. The van der Waals surface area contributed by atoms with E-state index < -0.39 is 0 Å². The number of nitrogens with one attached hydrogen (secondary N) is 1. The Hall–Kier alpha value is -1.24. The monoisotopic (exact) mass is 217 g/mol. The van der Waals surface area contributed by atoms with Gasteiger partial charge in [-0.05, 0) is 23.0 Å². The highest BCUT2D eigenvalue weighted by Gasteiger charge is 2.12. The van der Waals surface area contributed by atoms with E-state index in [1.807, 2.05) is 6.08 Å². The van der Waals surface area contributed by atoms with E-state index in [-0.39, 0.29) is 0 Å². The summed E-state index contributed by atoms with van der Waals surface area (Å²) in [6.45, 7) is 13.5. The Kier molecular flexibility index (Phi) is 4.60. The molecule has 0 spiro atoms. The maximum absolute atomic E-state index is 3.76. The maximum atomic E-state index is 3.76. The van der Waals surface area contributed by atoms with Crippen LogP contribution in [0.5, 0.6) is 0 Å². The SMILES string of the molecule is C=CCNc1c(C(C)C)cccc1C(C)C. The van der Waals surface area contributed by atoms with E-state index in [0.717, 1.165) is 6.54 Å². The van der Waals surface area contributed by atoms with Crippen LogP contribution in [0.1, 0.15) is 50.7 Å². The van der Waals surface area contributed by atoms with Crippen LogP contribution in [-0.4, -0.2) is 6.54 Å². The Morgan fingerprint density at radius 2 is 1.62 bits per heavy atom. The van der Waals surface area contributed by atoms with E-state index in [9.17, 15) is 0 Å². The summed E-state index contributed by atoms with van der Waals surface area (Å²) in [5.74, 6) is 1.09. The molecule has 0 aromatic heterocycles. The summed E-state index contributed by atoms with van der Waals surface area (Å²) in [6, 6.07) is 6.58. The molecule has 1 nitrogen and oxygen atoms in total. The van der Waals surface area contributed by atoms with Crippen molar-refractivity contribution in [2.45, 2.75) is 39.5 Å². The fourth-order valence-electron chi connectivity index (χ4n) is 1.93. The van der Waals surface area contributed by atoms with E-state index in [0.29, 0.717) is 11.8 Å². The predicted octanol–water partition coefficient (Wildman–Crippen LogP) is 4.53. The Labute approximate surface area is 99.6 Å². The Morgan fingerprint density at radius 3 is 2.00 bits per heavy atom. The smallest absolute Gasteiger partial charge is 0.0413 e. The Balaban J connectivity index is 3.17. The van der Waals surface area contributed by atoms with Gasteiger partial charge in [-0.25, -0.2) is 0 Å². The predicted molar refractivity (Wildman–Crippen MR) is 73.3 cm³/mol. The summed E-state index contributed by atoms with van der Waals surface area (Å²) in [7, 11) is 0. The number of para-hydroxylation sites is 1. The van der Waals surface area contributed by atoms with Crippen molar-refractivity contribution in [1.29, 1.82) is 0 Å². The minimum Gasteiger partial charge on any atom is -0.381 e. The number of hydrogen-bond acceptors (Lipinski definition) is 1. The molecule has 0 heterocycles. The van der Waals surface area contributed by atoms with Gasteiger partial charge in [-0.3, -0.25) is 0 Å². The third-order valence-corrected chi connectivity index (χ3v) is 2.80. The molecule has 0 bridgehead atoms. The molecule has 1 heteroatoms. The van der Waals surface area contributed by atoms with Gasteiger partial charge in [0.1, 0.15) is 0 Å². The summed E-state index contributed by atoms with van der Waals surface area (Å²) in [4.78, 5) is 0. The molecule has 0 amide bonds. The van der Waals surface area contributed by atoms with Crippen molar-refractivity contribution < 1.29 is 0 Å². The third-order valence-electron chi connectivity index (χ3n) is 2.80. The molecule has 1 aromatic carbocycles. The van der Waals surface area contributed by atoms with Gasteiger partial charge in [0.15, 0.2) is 0 Å². The zero-order chi connectivity index (χ0) is 12.1. The highest BCUT2D eigenvalue weighted by atomic mass is 14.9. The van der Waals surface area contributed by atoms with Gasteiger partial charge in [-0.1, -0.05) is 52.0 Å². The molecule has 0 aliphatic heterocycles. The van der Waals surface area contributed by atoms with Crippen molar-refractivity contribution in [2.75, 3.05) is 11.9 Å². The molecule has 1 N–H and O–H groups in total. The molecule has 1 aromatic rings. The molecule has 16 heavy (non-hydrogen) atoms. The molecule has 0 atom stereocenters. The van der Waals surface area contributed by atoms with E-state index in [4.69, 9.17) is 0 Å². The molecule has 0 fully saturated rings. The topological polar surface area (TPSA) is 12.0 Å². The van der Waals surface area contributed by atoms with Crippen LogP contribution < -0.4 is 5.32 Å². The zero-order valence-corrected chi connectivity index (χ0v) is 10.9. The Morgan fingerprint density at radius 1 is 1.12 bits per heavy atom. The van der Waals surface area contributed by atoms with Crippen molar-refractivity contribution in [3.05, 3.63) is 42.0 Å². The van der Waals surface area contributed by atoms with Crippen LogP contribution in [0.2, 0.25) is 0 Å². The van der Waals surface area contributed by atoms with Crippen molar-refractivity contribution in [3.8, 4) is 0 Å². The highest BCUT2D eigenvalue weighted by molar-refractivity contribution is 5.60. The minimum absolute atomic E-state index is 0.547. The van der Waals surface area contributed by atoms with Crippen molar-refractivity contribution in [1.82, 2.24) is 0 Å². The summed E-state index contributed by atoms with van der Waals surface area (Å²) < 4.78 is 0. The van der Waals surface area contributed by atoms with Gasteiger partial charge in [-0.2, -0.15) is 0 Å². The molecular weight excluding hydrogens is 194 g/mol. The molecule has 0 aliphatic carbocycles. The van der Waals surface area contributed by atoms with Crippen LogP contribution in [-0.2, 0) is 0 Å². The average molecular weight is 217 g/mol. The van der Waals surface area contributed by atoms with Crippen LogP contribution in [0.3, 0.4) is 0 Å². The Bertz CT molecular complexity index is 324. The number of anilines is 1. The van der Waals surface area contributed by atoms with Crippen LogP contribution >= 0.6 is 0 Å². The van der Waals surface area contributed by atoms with Gasteiger partial charge in [-0.15, -0.1) is 6.58 Å². The second-order valence-electron chi connectivity index (χ2n) is 4.79. The first-order chi connectivity index (χ1) is 7.57. The fraction of sp³-hybridized carbons (Fsp3) is 0.467. The number of benzene rings is 1. The molecule has 88 valence electrons. The van der Waals surface area contributed by atoms with Crippen LogP contribution in [0.15, 0.2) is 30.9 Å². The van der Waals surface area contributed by atoms with Crippen molar-refractivity contribution in [2.24, 2.45) is 0 Å². The van der Waals surface area contributed by atoms with E-state index in [1.165, 1.54) is 16.8 Å². The zero-order valence-electron chi connectivity index (χ0n) is 10.9. The van der Waals surface area contributed by atoms with Crippen LogP contribution in [0, 0.1) is 0 Å². The molecule has 0 saturated carbocycles. The first-order valence-electron chi connectivity index (χ1n) is 6.05. The molecule has 0 radical (unpaired) electrons. The summed E-state index contributed by atoms with van der Waals surface area (Å²) >= 11 is 0. The largest absolute Gasteiger partial charge is 0.381 e. The van der Waals surface area contributed by atoms with Crippen LogP contribution in [0.25, 0.3) is 0 Å². The molecule has 0 unspecified atom stereocenters. The lowest BCUT2D eigenvalue weighted by molar-refractivity contribution is 0.835. The lowest BCUT2D eigenvalue weighted by Crippen LogP contribution is -2.07. The van der Waals surface area contributed by atoms with Crippen molar-refractivity contribution >= 4 is 5.69 Å².